The number of fused-ring (bicyclic) bond motifs is 1. The van der Waals surface area contributed by atoms with Gasteiger partial charge in [0, 0.05) is 6.42 Å². The Morgan fingerprint density at radius 3 is 3.06 bits per heavy atom. The first-order valence-electron chi connectivity index (χ1n) is 5.73. The number of aromatic nitrogens is 3. The molecule has 1 aliphatic rings. The minimum atomic E-state index is -0.656. The molecule has 0 aromatic carbocycles. The lowest BCUT2D eigenvalue weighted by Crippen LogP contribution is -2.15. The number of aliphatic hydroxyl groups excluding tert-OH is 2. The van der Waals surface area contributed by atoms with Gasteiger partial charge in [-0.25, -0.2) is 9.50 Å². The molecule has 0 aliphatic carbocycles. The lowest BCUT2D eigenvalue weighted by Gasteiger charge is -2.14. The van der Waals surface area contributed by atoms with Crippen LogP contribution in [0.5, 0.6) is 0 Å². The predicted molar refractivity (Wildman–Crippen MR) is 62.7 cm³/mol. The molecule has 96 valence electrons. The van der Waals surface area contributed by atoms with Crippen LogP contribution < -0.4 is 5.73 Å². The smallest absolute Gasteiger partial charge is 0.151 e. The number of aliphatic hydroxyl groups is 2. The monoisotopic (exact) mass is 250 g/mol. The van der Waals surface area contributed by atoms with Crippen LogP contribution in [0.4, 0.5) is 5.82 Å². The number of anilines is 1. The zero-order chi connectivity index (χ0) is 12.7. The lowest BCUT2D eigenvalue weighted by molar-refractivity contribution is -0.0136. The van der Waals surface area contributed by atoms with Gasteiger partial charge in [-0.1, -0.05) is 0 Å². The molecule has 0 bridgehead atoms. The Morgan fingerprint density at radius 1 is 1.50 bits per heavy atom. The van der Waals surface area contributed by atoms with Crippen LogP contribution in [0.1, 0.15) is 18.2 Å². The summed E-state index contributed by atoms with van der Waals surface area (Å²) in [7, 11) is 0. The SMILES string of the molecule is Nc1ncnn2c([C@@H]3O[C@H](CO)C[C@H]3O)ccc12. The average Bonchev–Trinajstić information content (AvgIpc) is 2.93. The van der Waals surface area contributed by atoms with Crippen molar-refractivity contribution in [1.82, 2.24) is 14.6 Å². The third-order valence-corrected chi connectivity index (χ3v) is 3.20. The van der Waals surface area contributed by atoms with E-state index >= 15 is 0 Å². The Hall–Kier alpha value is -1.70. The molecule has 0 unspecified atom stereocenters. The molecule has 1 saturated heterocycles. The van der Waals surface area contributed by atoms with E-state index in [9.17, 15) is 5.11 Å². The molecule has 4 N–H and O–H groups in total. The van der Waals surface area contributed by atoms with Crippen LogP contribution >= 0.6 is 0 Å². The first-order valence-corrected chi connectivity index (χ1v) is 5.73. The van der Waals surface area contributed by atoms with Crippen molar-refractivity contribution in [2.45, 2.75) is 24.7 Å². The second kappa shape index (κ2) is 4.20. The Kier molecular flexibility index (Phi) is 2.66. The molecule has 0 amide bonds. The molecule has 2 aromatic heterocycles. The second-order valence-electron chi connectivity index (χ2n) is 4.36. The first kappa shape index (κ1) is 11.4. The molecule has 0 radical (unpaired) electrons. The van der Waals surface area contributed by atoms with Crippen molar-refractivity contribution in [3.8, 4) is 0 Å². The number of ether oxygens (including phenoxy) is 1. The molecule has 0 spiro atoms. The van der Waals surface area contributed by atoms with E-state index in [-0.39, 0.29) is 12.7 Å². The molecule has 1 aliphatic heterocycles. The van der Waals surface area contributed by atoms with Crippen LogP contribution in [0.3, 0.4) is 0 Å². The lowest BCUT2D eigenvalue weighted by atomic mass is 10.1. The number of nitrogens with zero attached hydrogens (tertiary/aromatic N) is 3. The van der Waals surface area contributed by atoms with Crippen LogP contribution in [0.2, 0.25) is 0 Å². The Balaban J connectivity index is 2.02. The van der Waals surface area contributed by atoms with E-state index < -0.39 is 12.2 Å². The summed E-state index contributed by atoms with van der Waals surface area (Å²) in [5.74, 6) is 0.377. The van der Waals surface area contributed by atoms with E-state index in [4.69, 9.17) is 15.6 Å². The molecule has 3 rings (SSSR count). The van der Waals surface area contributed by atoms with Crippen molar-refractivity contribution in [3.05, 3.63) is 24.2 Å². The van der Waals surface area contributed by atoms with Gasteiger partial charge in [-0.05, 0) is 12.1 Å². The highest BCUT2D eigenvalue weighted by Crippen LogP contribution is 2.33. The zero-order valence-electron chi connectivity index (χ0n) is 9.60. The van der Waals surface area contributed by atoms with Gasteiger partial charge in [-0.2, -0.15) is 5.10 Å². The third kappa shape index (κ3) is 1.64. The summed E-state index contributed by atoms with van der Waals surface area (Å²) in [6, 6.07) is 3.58. The van der Waals surface area contributed by atoms with Crippen LogP contribution in [-0.2, 0) is 4.74 Å². The highest BCUT2D eigenvalue weighted by atomic mass is 16.5. The van der Waals surface area contributed by atoms with Crippen LogP contribution in [0.15, 0.2) is 18.5 Å². The molecule has 18 heavy (non-hydrogen) atoms. The highest BCUT2D eigenvalue weighted by Gasteiger charge is 2.36. The van der Waals surface area contributed by atoms with Crippen molar-refractivity contribution in [1.29, 1.82) is 0 Å². The number of nitrogen functional groups attached to an aromatic ring is 1. The molecular weight excluding hydrogens is 236 g/mol. The van der Waals surface area contributed by atoms with Crippen LogP contribution in [0, 0.1) is 0 Å². The van der Waals surface area contributed by atoms with E-state index in [1.807, 2.05) is 0 Å². The van der Waals surface area contributed by atoms with Gasteiger partial charge in [0.05, 0.1) is 24.5 Å². The zero-order valence-corrected chi connectivity index (χ0v) is 9.60. The van der Waals surface area contributed by atoms with Crippen molar-refractivity contribution >= 4 is 11.3 Å². The van der Waals surface area contributed by atoms with Gasteiger partial charge in [0.15, 0.2) is 5.82 Å². The summed E-state index contributed by atoms with van der Waals surface area (Å²) >= 11 is 0. The fourth-order valence-electron chi connectivity index (χ4n) is 2.32. The standard InChI is InChI=1S/C11H14N4O3/c12-11-8-2-1-7(15(8)14-5-13-11)10-9(17)3-6(4-16)18-10/h1-2,5-6,9-10,16-17H,3-4H2,(H2,12,13,14)/t6-,9+,10-/m0/s1. The van der Waals surface area contributed by atoms with Crippen LogP contribution in [0.25, 0.3) is 5.52 Å². The summed E-state index contributed by atoms with van der Waals surface area (Å²) in [6.07, 6.45) is 0.274. The minimum Gasteiger partial charge on any atom is -0.394 e. The normalized spacial score (nSPS) is 28.0. The maximum Gasteiger partial charge on any atom is 0.151 e. The Labute approximate surface area is 103 Å². The van der Waals surface area contributed by atoms with Gasteiger partial charge in [0.25, 0.3) is 0 Å². The molecule has 7 heteroatoms. The highest BCUT2D eigenvalue weighted by molar-refractivity contribution is 5.65. The third-order valence-electron chi connectivity index (χ3n) is 3.20. The van der Waals surface area contributed by atoms with Gasteiger partial charge in [-0.15, -0.1) is 0 Å². The summed E-state index contributed by atoms with van der Waals surface area (Å²) < 4.78 is 7.20. The fourth-order valence-corrected chi connectivity index (χ4v) is 2.32. The van der Waals surface area contributed by atoms with Crippen molar-refractivity contribution < 1.29 is 14.9 Å². The fraction of sp³-hybridized carbons (Fsp3) is 0.455. The van der Waals surface area contributed by atoms with Gasteiger partial charge in [0.2, 0.25) is 0 Å². The topological polar surface area (TPSA) is 106 Å². The number of hydrogen-bond donors (Lipinski definition) is 3. The Bertz CT molecular complexity index is 570. The van der Waals surface area contributed by atoms with Crippen molar-refractivity contribution in [3.63, 3.8) is 0 Å². The molecule has 1 fully saturated rings. The van der Waals surface area contributed by atoms with E-state index in [1.54, 1.807) is 16.6 Å². The molecule has 3 atom stereocenters. The van der Waals surface area contributed by atoms with Crippen molar-refractivity contribution in [2.24, 2.45) is 0 Å². The first-order chi connectivity index (χ1) is 8.70. The van der Waals surface area contributed by atoms with Gasteiger partial charge in [0.1, 0.15) is 17.9 Å². The minimum absolute atomic E-state index is 0.103. The summed E-state index contributed by atoms with van der Waals surface area (Å²) in [4.78, 5) is 3.90. The maximum absolute atomic E-state index is 9.97. The predicted octanol–water partition coefficient (Wildman–Crippen LogP) is -0.505. The quantitative estimate of drug-likeness (QED) is 0.663. The second-order valence-corrected chi connectivity index (χ2v) is 4.36. The average molecular weight is 250 g/mol. The number of rotatable bonds is 2. The summed E-state index contributed by atoms with van der Waals surface area (Å²) in [5.41, 5.74) is 7.13. The molecule has 3 heterocycles. The molecule has 2 aromatic rings. The van der Waals surface area contributed by atoms with E-state index in [1.165, 1.54) is 6.33 Å². The number of hydrogen-bond acceptors (Lipinski definition) is 6. The van der Waals surface area contributed by atoms with E-state index in [2.05, 4.69) is 10.1 Å². The summed E-state index contributed by atoms with van der Waals surface area (Å²) in [6.45, 7) is -0.103. The van der Waals surface area contributed by atoms with E-state index in [0.29, 0.717) is 23.4 Å². The molecular formula is C11H14N4O3. The molecule has 0 saturated carbocycles. The largest absolute Gasteiger partial charge is 0.394 e. The van der Waals surface area contributed by atoms with Gasteiger partial charge < -0.3 is 20.7 Å². The molecule has 7 nitrogen and oxygen atoms in total. The van der Waals surface area contributed by atoms with Crippen molar-refractivity contribution in [2.75, 3.05) is 12.3 Å². The van der Waals surface area contributed by atoms with Gasteiger partial charge >= 0.3 is 0 Å². The Morgan fingerprint density at radius 2 is 2.33 bits per heavy atom. The van der Waals surface area contributed by atoms with Gasteiger partial charge in [-0.3, -0.25) is 0 Å². The maximum atomic E-state index is 9.97. The van der Waals surface area contributed by atoms with Crippen LogP contribution in [-0.4, -0.2) is 43.6 Å². The van der Waals surface area contributed by atoms with E-state index in [0.717, 1.165) is 0 Å². The summed E-state index contributed by atoms with van der Waals surface area (Å²) in [5, 5.41) is 23.1. The number of nitrogens with two attached hydrogens (primary N) is 1.